The van der Waals surface area contributed by atoms with E-state index in [-0.39, 0.29) is 24.6 Å². The molecular formula is C12H22O4. The summed E-state index contributed by atoms with van der Waals surface area (Å²) in [6, 6.07) is 0. The molecule has 0 aromatic heterocycles. The van der Waals surface area contributed by atoms with Gasteiger partial charge in [-0.2, -0.15) is 0 Å². The zero-order valence-corrected chi connectivity index (χ0v) is 9.89. The second kappa shape index (κ2) is 6.86. The Morgan fingerprint density at radius 2 is 2.06 bits per heavy atom. The Morgan fingerprint density at radius 3 is 2.69 bits per heavy atom. The van der Waals surface area contributed by atoms with Crippen LogP contribution in [0.25, 0.3) is 0 Å². The number of hydrogen-bond donors (Lipinski definition) is 2. The highest BCUT2D eigenvalue weighted by Crippen LogP contribution is 2.29. The van der Waals surface area contributed by atoms with Crippen molar-refractivity contribution < 1.29 is 19.7 Å². The smallest absolute Gasteiger partial charge is 0.302 e. The normalized spacial score (nSPS) is 28.2. The van der Waals surface area contributed by atoms with E-state index in [0.717, 1.165) is 32.1 Å². The van der Waals surface area contributed by atoms with Crippen molar-refractivity contribution in [3.8, 4) is 0 Å². The summed E-state index contributed by atoms with van der Waals surface area (Å²) in [6.45, 7) is 1.20. The first-order chi connectivity index (χ1) is 7.63. The Balaban J connectivity index is 2.54. The van der Waals surface area contributed by atoms with Crippen molar-refractivity contribution in [3.05, 3.63) is 0 Å². The van der Waals surface area contributed by atoms with Crippen LogP contribution >= 0.6 is 0 Å². The van der Waals surface area contributed by atoms with Crippen LogP contribution in [-0.4, -0.2) is 35.0 Å². The first kappa shape index (κ1) is 13.5. The van der Waals surface area contributed by atoms with Gasteiger partial charge in [-0.15, -0.1) is 0 Å². The van der Waals surface area contributed by atoms with Gasteiger partial charge in [0.15, 0.2) is 0 Å². The topological polar surface area (TPSA) is 66.8 Å². The van der Waals surface area contributed by atoms with E-state index in [1.54, 1.807) is 0 Å². The number of hydrogen-bond acceptors (Lipinski definition) is 4. The molecule has 94 valence electrons. The number of aliphatic hydroxyl groups is 2. The monoisotopic (exact) mass is 230 g/mol. The van der Waals surface area contributed by atoms with Crippen LogP contribution in [0.1, 0.15) is 45.4 Å². The summed E-state index contributed by atoms with van der Waals surface area (Å²) in [6.07, 6.45) is 4.93. The van der Waals surface area contributed by atoms with Crippen LogP contribution in [0, 0.1) is 5.92 Å². The standard InChI is InChI=1S/C12H22O4/c1-9(14)16-12-6-4-2-3-5-10(12)7-11(15)8-13/h10-13,15H,2-8H2,1H3/t10-,11+,12+/m0/s1. The summed E-state index contributed by atoms with van der Waals surface area (Å²) in [5.74, 6) is -0.0658. The van der Waals surface area contributed by atoms with Crippen LogP contribution in [0.2, 0.25) is 0 Å². The van der Waals surface area contributed by atoms with E-state index in [1.807, 2.05) is 0 Å². The zero-order chi connectivity index (χ0) is 12.0. The molecule has 0 heterocycles. The average Bonchev–Trinajstić information content (AvgIpc) is 2.44. The van der Waals surface area contributed by atoms with E-state index in [1.165, 1.54) is 6.92 Å². The quantitative estimate of drug-likeness (QED) is 0.563. The number of aliphatic hydroxyl groups excluding tert-OH is 2. The molecule has 3 atom stereocenters. The minimum atomic E-state index is -0.693. The largest absolute Gasteiger partial charge is 0.462 e. The highest BCUT2D eigenvalue weighted by atomic mass is 16.5. The molecule has 4 nitrogen and oxygen atoms in total. The summed E-state index contributed by atoms with van der Waals surface area (Å²) < 4.78 is 5.30. The first-order valence-corrected chi connectivity index (χ1v) is 6.09. The molecule has 1 aliphatic carbocycles. The van der Waals surface area contributed by atoms with Crippen molar-refractivity contribution in [2.24, 2.45) is 5.92 Å². The van der Waals surface area contributed by atoms with Crippen LogP contribution < -0.4 is 0 Å². The summed E-state index contributed by atoms with van der Waals surface area (Å²) in [7, 11) is 0. The summed E-state index contributed by atoms with van der Waals surface area (Å²) in [5.41, 5.74) is 0. The number of rotatable bonds is 4. The third-order valence-electron chi connectivity index (χ3n) is 3.19. The second-order valence-electron chi connectivity index (χ2n) is 4.62. The van der Waals surface area contributed by atoms with Gasteiger partial charge in [0.25, 0.3) is 0 Å². The lowest BCUT2D eigenvalue weighted by molar-refractivity contribution is -0.150. The maximum atomic E-state index is 11.0. The van der Waals surface area contributed by atoms with Gasteiger partial charge in [-0.3, -0.25) is 4.79 Å². The van der Waals surface area contributed by atoms with Gasteiger partial charge in [-0.05, 0) is 31.6 Å². The molecule has 0 aromatic rings. The van der Waals surface area contributed by atoms with E-state index in [2.05, 4.69) is 0 Å². The minimum Gasteiger partial charge on any atom is -0.462 e. The third-order valence-corrected chi connectivity index (χ3v) is 3.19. The number of carbonyl (C=O) groups excluding carboxylic acids is 1. The fraction of sp³-hybridized carbons (Fsp3) is 0.917. The van der Waals surface area contributed by atoms with Crippen molar-refractivity contribution in [2.75, 3.05) is 6.61 Å². The van der Waals surface area contributed by atoms with Crippen LogP contribution in [0.5, 0.6) is 0 Å². The number of carbonyl (C=O) groups is 1. The molecule has 0 bridgehead atoms. The fourth-order valence-electron chi connectivity index (χ4n) is 2.41. The van der Waals surface area contributed by atoms with Crippen LogP contribution in [0.4, 0.5) is 0 Å². The molecule has 1 rings (SSSR count). The molecule has 16 heavy (non-hydrogen) atoms. The zero-order valence-electron chi connectivity index (χ0n) is 9.89. The SMILES string of the molecule is CC(=O)O[C@@H]1CCCCC[C@H]1C[C@@H](O)CO. The van der Waals surface area contributed by atoms with E-state index >= 15 is 0 Å². The molecule has 2 N–H and O–H groups in total. The van der Waals surface area contributed by atoms with Gasteiger partial charge in [0.2, 0.25) is 0 Å². The molecule has 1 fully saturated rings. The Labute approximate surface area is 96.6 Å². The molecule has 0 unspecified atom stereocenters. The van der Waals surface area contributed by atoms with E-state index in [0.29, 0.717) is 6.42 Å². The third kappa shape index (κ3) is 4.49. The maximum Gasteiger partial charge on any atom is 0.302 e. The molecule has 0 radical (unpaired) electrons. The lowest BCUT2D eigenvalue weighted by Crippen LogP contribution is -2.29. The molecule has 1 saturated carbocycles. The van der Waals surface area contributed by atoms with Crippen LogP contribution in [0.15, 0.2) is 0 Å². The van der Waals surface area contributed by atoms with E-state index < -0.39 is 6.10 Å². The van der Waals surface area contributed by atoms with Gasteiger partial charge in [0.1, 0.15) is 6.10 Å². The van der Waals surface area contributed by atoms with E-state index in [9.17, 15) is 9.90 Å². The van der Waals surface area contributed by atoms with Crippen molar-refractivity contribution >= 4 is 5.97 Å². The fourth-order valence-corrected chi connectivity index (χ4v) is 2.41. The summed E-state index contributed by atoms with van der Waals surface area (Å²) >= 11 is 0. The van der Waals surface area contributed by atoms with Crippen molar-refractivity contribution in [1.29, 1.82) is 0 Å². The molecular weight excluding hydrogens is 208 g/mol. The van der Waals surface area contributed by atoms with Crippen molar-refractivity contribution in [2.45, 2.75) is 57.7 Å². The number of esters is 1. The van der Waals surface area contributed by atoms with Gasteiger partial charge >= 0.3 is 5.97 Å². The molecule has 0 amide bonds. The first-order valence-electron chi connectivity index (χ1n) is 6.09. The van der Waals surface area contributed by atoms with Crippen LogP contribution in [-0.2, 0) is 9.53 Å². The summed E-state index contributed by atoms with van der Waals surface area (Å²) in [5, 5.41) is 18.3. The lowest BCUT2D eigenvalue weighted by atomic mass is 9.91. The maximum absolute atomic E-state index is 11.0. The summed E-state index contributed by atoms with van der Waals surface area (Å²) in [4.78, 5) is 11.0. The Kier molecular flexibility index (Phi) is 5.77. The minimum absolute atomic E-state index is 0.0822. The molecule has 0 spiro atoms. The van der Waals surface area contributed by atoms with Gasteiger partial charge in [0, 0.05) is 6.92 Å². The molecule has 0 aromatic carbocycles. The van der Waals surface area contributed by atoms with Gasteiger partial charge in [0.05, 0.1) is 12.7 Å². The van der Waals surface area contributed by atoms with Gasteiger partial charge < -0.3 is 14.9 Å². The second-order valence-corrected chi connectivity index (χ2v) is 4.62. The molecule has 0 aliphatic heterocycles. The van der Waals surface area contributed by atoms with Gasteiger partial charge in [-0.25, -0.2) is 0 Å². The molecule has 1 aliphatic rings. The van der Waals surface area contributed by atoms with Crippen molar-refractivity contribution in [1.82, 2.24) is 0 Å². The molecule has 4 heteroatoms. The number of ether oxygens (including phenoxy) is 1. The molecule has 0 saturated heterocycles. The average molecular weight is 230 g/mol. The lowest BCUT2D eigenvalue weighted by Gasteiger charge is -2.26. The highest BCUT2D eigenvalue weighted by molar-refractivity contribution is 5.66. The van der Waals surface area contributed by atoms with Gasteiger partial charge in [-0.1, -0.05) is 12.8 Å². The highest BCUT2D eigenvalue weighted by Gasteiger charge is 2.27. The van der Waals surface area contributed by atoms with E-state index in [4.69, 9.17) is 9.84 Å². The Bertz CT molecular complexity index is 217. The predicted octanol–water partition coefficient (Wildman–Crippen LogP) is 1.24. The van der Waals surface area contributed by atoms with Crippen LogP contribution in [0.3, 0.4) is 0 Å². The Morgan fingerprint density at radius 1 is 1.38 bits per heavy atom. The van der Waals surface area contributed by atoms with Crippen molar-refractivity contribution in [3.63, 3.8) is 0 Å². The Hall–Kier alpha value is -0.610. The predicted molar refractivity (Wildman–Crippen MR) is 59.8 cm³/mol.